The van der Waals surface area contributed by atoms with Crippen molar-refractivity contribution < 1.29 is 0 Å². The predicted molar refractivity (Wildman–Crippen MR) is 82.6 cm³/mol. The summed E-state index contributed by atoms with van der Waals surface area (Å²) in [5.74, 6) is 0. The van der Waals surface area contributed by atoms with E-state index in [-0.39, 0.29) is 5.56 Å². The molecule has 0 N–H and O–H groups in total. The molecule has 0 saturated heterocycles. The summed E-state index contributed by atoms with van der Waals surface area (Å²) in [5, 5.41) is 0. The maximum absolute atomic E-state index is 12.4. The topological polar surface area (TPSA) is 22.0 Å². The Kier molecular flexibility index (Phi) is 5.80. The fraction of sp³-hybridized carbons (Fsp3) is 0.235. The van der Waals surface area contributed by atoms with Crippen molar-refractivity contribution in [3.8, 4) is 0 Å². The van der Waals surface area contributed by atoms with Gasteiger partial charge in [-0.3, -0.25) is 4.79 Å². The molecule has 0 spiro atoms. The SMILES string of the molecule is C=CCc1cn(CC=C)c(=O)c(CC=C)c1CC=C. The maximum Gasteiger partial charge on any atom is 0.254 e. The van der Waals surface area contributed by atoms with Crippen LogP contribution in [0.2, 0.25) is 0 Å². The van der Waals surface area contributed by atoms with Gasteiger partial charge in [-0.2, -0.15) is 0 Å². The molecule has 1 aromatic heterocycles. The highest BCUT2D eigenvalue weighted by Crippen LogP contribution is 2.15. The van der Waals surface area contributed by atoms with Crippen molar-refractivity contribution in [2.24, 2.45) is 0 Å². The van der Waals surface area contributed by atoms with Crippen molar-refractivity contribution in [3.63, 3.8) is 0 Å². The van der Waals surface area contributed by atoms with Crippen molar-refractivity contribution in [2.45, 2.75) is 25.8 Å². The van der Waals surface area contributed by atoms with E-state index in [9.17, 15) is 4.79 Å². The average molecular weight is 255 g/mol. The van der Waals surface area contributed by atoms with Gasteiger partial charge in [-0.1, -0.05) is 24.3 Å². The van der Waals surface area contributed by atoms with Crippen LogP contribution in [0.15, 0.2) is 61.6 Å². The number of hydrogen-bond donors (Lipinski definition) is 0. The summed E-state index contributed by atoms with van der Waals surface area (Å²) in [7, 11) is 0. The number of allylic oxidation sites excluding steroid dienone is 4. The second kappa shape index (κ2) is 7.37. The first kappa shape index (κ1) is 15.0. The van der Waals surface area contributed by atoms with Crippen molar-refractivity contribution in [1.29, 1.82) is 0 Å². The molecule has 2 heteroatoms. The Morgan fingerprint density at radius 1 is 0.895 bits per heavy atom. The molecule has 0 aliphatic carbocycles. The summed E-state index contributed by atoms with van der Waals surface area (Å²) in [4.78, 5) is 12.4. The highest BCUT2D eigenvalue weighted by molar-refractivity contribution is 5.36. The van der Waals surface area contributed by atoms with Crippen LogP contribution >= 0.6 is 0 Å². The molecular formula is C17H21NO. The van der Waals surface area contributed by atoms with Crippen LogP contribution in [-0.2, 0) is 25.8 Å². The number of aromatic nitrogens is 1. The van der Waals surface area contributed by atoms with E-state index >= 15 is 0 Å². The number of rotatable bonds is 8. The van der Waals surface area contributed by atoms with Gasteiger partial charge in [0.15, 0.2) is 0 Å². The van der Waals surface area contributed by atoms with Crippen LogP contribution in [-0.4, -0.2) is 4.57 Å². The van der Waals surface area contributed by atoms with Crippen LogP contribution < -0.4 is 5.56 Å². The van der Waals surface area contributed by atoms with Crippen LogP contribution in [0.4, 0.5) is 0 Å². The van der Waals surface area contributed by atoms with Gasteiger partial charge < -0.3 is 4.57 Å². The van der Waals surface area contributed by atoms with Gasteiger partial charge in [0.05, 0.1) is 0 Å². The molecule has 0 saturated carbocycles. The summed E-state index contributed by atoms with van der Waals surface area (Å²) in [6, 6.07) is 0. The second-order valence-corrected chi connectivity index (χ2v) is 4.34. The van der Waals surface area contributed by atoms with Gasteiger partial charge in [-0.05, 0) is 30.4 Å². The molecule has 0 unspecified atom stereocenters. The zero-order valence-electron chi connectivity index (χ0n) is 11.4. The van der Waals surface area contributed by atoms with E-state index in [2.05, 4.69) is 26.3 Å². The number of pyridine rings is 1. The van der Waals surface area contributed by atoms with Crippen LogP contribution in [0.1, 0.15) is 16.7 Å². The Morgan fingerprint density at radius 3 is 2.00 bits per heavy atom. The van der Waals surface area contributed by atoms with E-state index in [1.807, 2.05) is 18.3 Å². The van der Waals surface area contributed by atoms with Crippen LogP contribution in [0, 0.1) is 0 Å². The Balaban J connectivity index is 3.54. The van der Waals surface area contributed by atoms with Gasteiger partial charge in [-0.15, -0.1) is 26.3 Å². The first-order chi connectivity index (χ1) is 9.19. The van der Waals surface area contributed by atoms with Gasteiger partial charge in [-0.25, -0.2) is 0 Å². The maximum atomic E-state index is 12.4. The molecule has 0 radical (unpaired) electrons. The second-order valence-electron chi connectivity index (χ2n) is 4.34. The molecule has 0 aliphatic rings. The van der Waals surface area contributed by atoms with Crippen molar-refractivity contribution >= 4 is 0 Å². The van der Waals surface area contributed by atoms with E-state index in [0.717, 1.165) is 23.1 Å². The molecule has 1 heterocycles. The lowest BCUT2D eigenvalue weighted by atomic mass is 9.96. The molecular weight excluding hydrogens is 234 g/mol. The van der Waals surface area contributed by atoms with Gasteiger partial charge in [0, 0.05) is 18.3 Å². The molecule has 0 atom stereocenters. The molecule has 0 aromatic carbocycles. The number of hydrogen-bond acceptors (Lipinski definition) is 1. The lowest BCUT2D eigenvalue weighted by Crippen LogP contribution is -2.26. The van der Waals surface area contributed by atoms with Crippen LogP contribution in [0.5, 0.6) is 0 Å². The third-order valence-electron chi connectivity index (χ3n) is 2.97. The minimum absolute atomic E-state index is 0.0319. The highest BCUT2D eigenvalue weighted by Gasteiger charge is 2.12. The lowest BCUT2D eigenvalue weighted by molar-refractivity contribution is 0.751. The summed E-state index contributed by atoms with van der Waals surface area (Å²) < 4.78 is 1.69. The number of nitrogens with zero attached hydrogens (tertiary/aromatic N) is 1. The molecule has 0 bridgehead atoms. The average Bonchev–Trinajstić information content (AvgIpc) is 2.39. The molecule has 100 valence electrons. The van der Waals surface area contributed by atoms with E-state index in [0.29, 0.717) is 19.4 Å². The Morgan fingerprint density at radius 2 is 1.47 bits per heavy atom. The van der Waals surface area contributed by atoms with Crippen LogP contribution in [0.25, 0.3) is 0 Å². The molecule has 0 fully saturated rings. The van der Waals surface area contributed by atoms with E-state index in [4.69, 9.17) is 0 Å². The van der Waals surface area contributed by atoms with Gasteiger partial charge in [0.2, 0.25) is 0 Å². The third-order valence-corrected chi connectivity index (χ3v) is 2.97. The third kappa shape index (κ3) is 3.44. The Labute approximate surface area is 115 Å². The summed E-state index contributed by atoms with van der Waals surface area (Å²) in [5.41, 5.74) is 3.01. The van der Waals surface area contributed by atoms with Gasteiger partial charge >= 0.3 is 0 Å². The zero-order valence-corrected chi connectivity index (χ0v) is 11.4. The van der Waals surface area contributed by atoms with Crippen LogP contribution in [0.3, 0.4) is 0 Å². The minimum atomic E-state index is 0.0319. The predicted octanol–water partition coefficient (Wildman–Crippen LogP) is 3.22. The Bertz CT molecular complexity index is 549. The highest BCUT2D eigenvalue weighted by atomic mass is 16.1. The van der Waals surface area contributed by atoms with E-state index < -0.39 is 0 Å². The van der Waals surface area contributed by atoms with Crippen molar-refractivity contribution in [3.05, 3.63) is 83.9 Å². The minimum Gasteiger partial charge on any atom is -0.311 e. The van der Waals surface area contributed by atoms with Crippen molar-refractivity contribution in [2.75, 3.05) is 0 Å². The van der Waals surface area contributed by atoms with Gasteiger partial charge in [0.25, 0.3) is 5.56 Å². The molecule has 0 aliphatic heterocycles. The van der Waals surface area contributed by atoms with Crippen molar-refractivity contribution in [1.82, 2.24) is 4.57 Å². The smallest absolute Gasteiger partial charge is 0.254 e. The van der Waals surface area contributed by atoms with E-state index in [1.54, 1.807) is 16.7 Å². The summed E-state index contributed by atoms with van der Waals surface area (Å²) in [6.45, 7) is 15.5. The quantitative estimate of drug-likeness (QED) is 0.654. The molecule has 1 rings (SSSR count). The summed E-state index contributed by atoms with van der Waals surface area (Å²) in [6.07, 6.45) is 11.1. The lowest BCUT2D eigenvalue weighted by Gasteiger charge is -2.15. The van der Waals surface area contributed by atoms with E-state index in [1.165, 1.54) is 0 Å². The van der Waals surface area contributed by atoms with Gasteiger partial charge in [0.1, 0.15) is 0 Å². The Hall–Kier alpha value is -2.09. The monoisotopic (exact) mass is 255 g/mol. The fourth-order valence-corrected chi connectivity index (χ4v) is 2.18. The first-order valence-corrected chi connectivity index (χ1v) is 6.37. The molecule has 0 amide bonds. The summed E-state index contributed by atoms with van der Waals surface area (Å²) >= 11 is 0. The largest absolute Gasteiger partial charge is 0.311 e. The zero-order chi connectivity index (χ0) is 14.3. The molecule has 1 aromatic rings. The standard InChI is InChI=1S/C17H21NO/c1-5-9-14-13-18(12-8-4)17(19)16(11-7-3)15(14)10-6-2/h5-8,13H,1-4,9-12H2. The normalized spacial score (nSPS) is 9.89. The first-order valence-electron chi connectivity index (χ1n) is 6.37. The molecule has 2 nitrogen and oxygen atoms in total. The fourth-order valence-electron chi connectivity index (χ4n) is 2.18. The molecule has 19 heavy (non-hydrogen) atoms.